The monoisotopic (exact) mass is 410 g/mol. The van der Waals surface area contributed by atoms with E-state index in [1.807, 2.05) is 17.5 Å². The molecule has 0 radical (unpaired) electrons. The van der Waals surface area contributed by atoms with Crippen LogP contribution in [0.1, 0.15) is 16.5 Å². The molecule has 144 valence electrons. The maximum Gasteiger partial charge on any atom is 0.461 e. The van der Waals surface area contributed by atoms with E-state index < -0.39 is 12.5 Å². The summed E-state index contributed by atoms with van der Waals surface area (Å²) >= 11 is 1.57. The predicted molar refractivity (Wildman–Crippen MR) is 95.9 cm³/mol. The van der Waals surface area contributed by atoms with Crippen LogP contribution in [0.5, 0.6) is 5.75 Å². The number of halogens is 5. The lowest BCUT2D eigenvalue weighted by Crippen LogP contribution is -2.45. The summed E-state index contributed by atoms with van der Waals surface area (Å²) in [6, 6.07) is 9.84. The summed E-state index contributed by atoms with van der Waals surface area (Å²) in [7, 11) is 0. The number of rotatable bonds is 6. The van der Waals surface area contributed by atoms with Crippen molar-refractivity contribution in [2.75, 3.05) is 26.2 Å². The maximum atomic E-state index is 13.2. The Morgan fingerprint density at radius 2 is 1.85 bits per heavy atom. The number of benzene rings is 1. The molecule has 3 nitrogen and oxygen atoms in total. The number of nitrogens with zero attached hydrogens (tertiary/aromatic N) is 1. The molecule has 2 aromatic rings. The highest BCUT2D eigenvalue weighted by Gasteiger charge is 2.44. The molecule has 1 aromatic heterocycles. The van der Waals surface area contributed by atoms with Gasteiger partial charge in [-0.25, -0.2) is 0 Å². The summed E-state index contributed by atoms with van der Waals surface area (Å²) in [5, 5.41) is 5.23. The molecule has 0 spiro atoms. The number of hydrogen-bond donors (Lipinski definition) is 1. The summed E-state index contributed by atoms with van der Waals surface area (Å²) in [5.74, 6) is -0.264. The fraction of sp³-hybridized carbons (Fsp3) is 0.412. The van der Waals surface area contributed by atoms with E-state index in [9.17, 15) is 17.6 Å². The fourth-order valence-electron chi connectivity index (χ4n) is 2.89. The van der Waals surface area contributed by atoms with E-state index in [-0.39, 0.29) is 24.2 Å². The van der Waals surface area contributed by atoms with Crippen molar-refractivity contribution in [2.45, 2.75) is 18.6 Å². The lowest BCUT2D eigenvalue weighted by atomic mass is 10.0. The van der Waals surface area contributed by atoms with Gasteiger partial charge in [-0.2, -0.15) is 17.6 Å². The Morgan fingerprint density at radius 1 is 1.12 bits per heavy atom. The molecule has 0 saturated carbocycles. The second-order valence-electron chi connectivity index (χ2n) is 5.74. The number of alkyl halides is 4. The van der Waals surface area contributed by atoms with Crippen LogP contribution in [0.2, 0.25) is 0 Å². The Labute approximate surface area is 159 Å². The second kappa shape index (κ2) is 9.03. The highest BCUT2D eigenvalue weighted by atomic mass is 35.5. The van der Waals surface area contributed by atoms with E-state index in [0.717, 1.165) is 36.6 Å². The Kier molecular flexibility index (Phi) is 7.28. The zero-order chi connectivity index (χ0) is 17.9. The van der Waals surface area contributed by atoms with Crippen LogP contribution in [0.4, 0.5) is 17.6 Å². The molecule has 0 aliphatic carbocycles. The van der Waals surface area contributed by atoms with Crippen LogP contribution in [0, 0.1) is 0 Å². The van der Waals surface area contributed by atoms with Gasteiger partial charge < -0.3 is 10.1 Å². The summed E-state index contributed by atoms with van der Waals surface area (Å²) < 4.78 is 55.4. The third-order valence-corrected chi connectivity index (χ3v) is 4.94. The standard InChI is InChI=1S/C17H18F4N2OS.ClH/c18-16(19)17(20,21)24-13-4-1-3-12(11-13)15(14-5-2-10-25-14)23-8-6-22-7-9-23;/h1-5,10-11,15-16,22H,6-9H2;1H/t15-;/m0./s1. The van der Waals surface area contributed by atoms with Crippen LogP contribution in [-0.2, 0) is 0 Å². The second-order valence-corrected chi connectivity index (χ2v) is 6.72. The van der Waals surface area contributed by atoms with E-state index in [1.165, 1.54) is 12.1 Å². The minimum absolute atomic E-state index is 0. The van der Waals surface area contributed by atoms with E-state index >= 15 is 0 Å². The van der Waals surface area contributed by atoms with Crippen LogP contribution in [-0.4, -0.2) is 43.6 Å². The van der Waals surface area contributed by atoms with Gasteiger partial charge in [-0.15, -0.1) is 23.7 Å². The molecule has 1 fully saturated rings. The summed E-state index contributed by atoms with van der Waals surface area (Å²) in [6.45, 7) is 3.28. The highest BCUT2D eigenvalue weighted by molar-refractivity contribution is 7.10. The van der Waals surface area contributed by atoms with Crippen LogP contribution in [0.15, 0.2) is 41.8 Å². The van der Waals surface area contributed by atoms with Crippen molar-refractivity contribution in [3.05, 3.63) is 52.2 Å². The molecule has 1 saturated heterocycles. The molecule has 1 N–H and O–H groups in total. The molecule has 1 aromatic carbocycles. The zero-order valence-electron chi connectivity index (χ0n) is 13.7. The largest absolute Gasteiger partial charge is 0.461 e. The van der Waals surface area contributed by atoms with Crippen molar-refractivity contribution >= 4 is 23.7 Å². The first-order valence-electron chi connectivity index (χ1n) is 7.90. The molecule has 1 aliphatic heterocycles. The molecule has 0 bridgehead atoms. The van der Waals surface area contributed by atoms with Gasteiger partial charge in [0.2, 0.25) is 0 Å². The summed E-state index contributed by atoms with van der Waals surface area (Å²) in [4.78, 5) is 3.31. The van der Waals surface area contributed by atoms with Gasteiger partial charge in [-0.3, -0.25) is 4.90 Å². The average Bonchev–Trinajstić information content (AvgIpc) is 3.10. The first kappa shape index (κ1) is 21.0. The quantitative estimate of drug-likeness (QED) is 0.714. The molecular weight excluding hydrogens is 392 g/mol. The predicted octanol–water partition coefficient (Wildman–Crippen LogP) is 4.40. The zero-order valence-corrected chi connectivity index (χ0v) is 15.3. The van der Waals surface area contributed by atoms with Crippen LogP contribution >= 0.6 is 23.7 Å². The van der Waals surface area contributed by atoms with Gasteiger partial charge in [0.15, 0.2) is 0 Å². The number of nitrogens with one attached hydrogen (secondary N) is 1. The first-order valence-corrected chi connectivity index (χ1v) is 8.78. The van der Waals surface area contributed by atoms with E-state index in [0.29, 0.717) is 0 Å². The molecule has 3 rings (SSSR count). The molecule has 1 atom stereocenters. The minimum Gasteiger partial charge on any atom is -0.428 e. The summed E-state index contributed by atoms with van der Waals surface area (Å²) in [6.07, 6.45) is -8.39. The maximum absolute atomic E-state index is 13.2. The van der Waals surface area contributed by atoms with Crippen LogP contribution < -0.4 is 10.1 Å². The Balaban J connectivity index is 0.00000243. The fourth-order valence-corrected chi connectivity index (χ4v) is 3.78. The normalized spacial score (nSPS) is 17.0. The van der Waals surface area contributed by atoms with Crippen LogP contribution in [0.3, 0.4) is 0 Å². The number of hydrogen-bond acceptors (Lipinski definition) is 4. The molecule has 26 heavy (non-hydrogen) atoms. The SMILES string of the molecule is Cl.FC(F)C(F)(F)Oc1cccc([C@@H](c2cccs2)N2CCNCC2)c1. The topological polar surface area (TPSA) is 24.5 Å². The minimum atomic E-state index is -4.51. The molecular formula is C17H19ClF4N2OS. The number of piperazine rings is 1. The van der Waals surface area contributed by atoms with Crippen molar-refractivity contribution in [3.8, 4) is 5.75 Å². The molecule has 2 heterocycles. The smallest absolute Gasteiger partial charge is 0.428 e. The van der Waals surface area contributed by atoms with Crippen molar-refractivity contribution in [2.24, 2.45) is 0 Å². The van der Waals surface area contributed by atoms with Gasteiger partial charge in [0, 0.05) is 31.1 Å². The highest BCUT2D eigenvalue weighted by Crippen LogP contribution is 2.35. The average molecular weight is 411 g/mol. The van der Waals surface area contributed by atoms with Gasteiger partial charge in [-0.05, 0) is 29.1 Å². The van der Waals surface area contributed by atoms with Crippen LogP contribution in [0.25, 0.3) is 0 Å². The Bertz CT molecular complexity index is 681. The van der Waals surface area contributed by atoms with Gasteiger partial charge in [0.1, 0.15) is 5.75 Å². The molecule has 0 unspecified atom stereocenters. The first-order chi connectivity index (χ1) is 12.0. The van der Waals surface area contributed by atoms with Crippen molar-refractivity contribution in [3.63, 3.8) is 0 Å². The molecule has 0 amide bonds. The lowest BCUT2D eigenvalue weighted by Gasteiger charge is -2.35. The van der Waals surface area contributed by atoms with E-state index in [1.54, 1.807) is 23.5 Å². The van der Waals surface area contributed by atoms with Gasteiger partial charge in [0.25, 0.3) is 0 Å². The van der Waals surface area contributed by atoms with Gasteiger partial charge in [0.05, 0.1) is 6.04 Å². The summed E-state index contributed by atoms with van der Waals surface area (Å²) in [5.41, 5.74) is 0.743. The third kappa shape index (κ3) is 4.88. The number of thiophene rings is 1. The van der Waals surface area contributed by atoms with Gasteiger partial charge in [-0.1, -0.05) is 18.2 Å². The van der Waals surface area contributed by atoms with Crippen molar-refractivity contribution < 1.29 is 22.3 Å². The van der Waals surface area contributed by atoms with E-state index in [4.69, 9.17) is 0 Å². The third-order valence-electron chi connectivity index (χ3n) is 4.01. The van der Waals surface area contributed by atoms with Crippen molar-refractivity contribution in [1.29, 1.82) is 0 Å². The lowest BCUT2D eigenvalue weighted by molar-refractivity contribution is -0.253. The molecule has 1 aliphatic rings. The van der Waals surface area contributed by atoms with E-state index in [2.05, 4.69) is 15.0 Å². The molecule has 9 heteroatoms. The Hall–Kier alpha value is -1.35. The van der Waals surface area contributed by atoms with Gasteiger partial charge >= 0.3 is 12.5 Å². The number of ether oxygens (including phenoxy) is 1. The Morgan fingerprint density at radius 3 is 2.46 bits per heavy atom. The van der Waals surface area contributed by atoms with Crippen molar-refractivity contribution in [1.82, 2.24) is 10.2 Å².